The molecule has 0 spiro atoms. The van der Waals surface area contributed by atoms with Gasteiger partial charge in [-0.25, -0.2) is 19.2 Å². The summed E-state index contributed by atoms with van der Waals surface area (Å²) in [4.78, 5) is 101. The molecule has 0 bridgehead atoms. The highest BCUT2D eigenvalue weighted by atomic mass is 16.8. The number of aliphatic carboxylic acids is 4. The van der Waals surface area contributed by atoms with E-state index in [0.717, 1.165) is 0 Å². The molecule has 0 aliphatic carbocycles. The predicted octanol–water partition coefficient (Wildman–Crippen LogP) is -16.5. The molecule has 488 valence electrons. The summed E-state index contributed by atoms with van der Waals surface area (Å²) in [5.74, 6) is -28.9. The molecule has 4 amide bonds. The summed E-state index contributed by atoms with van der Waals surface area (Å²) in [5.41, 5.74) is 0. The minimum Gasteiger partial charge on any atom is -0.477 e. The van der Waals surface area contributed by atoms with E-state index < -0.39 is 271 Å². The lowest BCUT2D eigenvalue weighted by Crippen LogP contribution is -2.72. The van der Waals surface area contributed by atoms with Crippen molar-refractivity contribution in [2.45, 2.75) is 171 Å². The van der Waals surface area contributed by atoms with Gasteiger partial charge in [0, 0.05) is 25.7 Å². The number of rotatable bonds is 30. The Kier molecular flexibility index (Phi) is 25.6. The maximum atomic E-state index is 13.4. The zero-order valence-corrected chi connectivity index (χ0v) is 44.0. The zero-order valence-electron chi connectivity index (χ0n) is 44.0. The van der Waals surface area contributed by atoms with Gasteiger partial charge >= 0.3 is 23.9 Å². The highest BCUT2D eigenvalue weighted by Crippen LogP contribution is 2.41. The standard InChI is InChI=1S/C44H70N4O37/c49-5-17(61)29(66)33-26(46-22(63)10-54)14(58)2-42(83-33,38(72)73)80-19(7-51)31(68)35-28(48-24(65)12-56)16(60)4-44(85-35,40(76)77)81-20(8-52)32(69)36-27(47-23(64)11-55)15(59)3-43(84-36,39(74)75)79-18(6-50)30(67)34-25(45-21(62)9-53)13(57)1-41(78,82-34)37(70)71/h13-20,25-36,49-61,66-69,78H,1-12H2,(H,45,62)(H,46,63)(H,47,64)(H,48,65)(H,70,71)(H,72,73)(H,74,75)(H,76,77)/t13-,14-,15-,16-,17+,18+,19+,20+,25+,26+,27+,28+,29+,30+,31+,32+,33+,34+,35+,36+,41?,42+,43+,44+/m0/s1. The van der Waals surface area contributed by atoms with Crippen LogP contribution in [0, 0.1) is 0 Å². The first-order valence-electron chi connectivity index (χ1n) is 25.3. The number of carbonyl (C=O) groups excluding carboxylic acids is 4. The second-order valence-electron chi connectivity index (χ2n) is 19.9. The molecule has 0 aromatic rings. The predicted molar refractivity (Wildman–Crippen MR) is 255 cm³/mol. The van der Waals surface area contributed by atoms with Crippen LogP contribution in [0.4, 0.5) is 0 Å². The summed E-state index contributed by atoms with van der Waals surface area (Å²) >= 11 is 0. The normalized spacial score (nSPS) is 36.2. The summed E-state index contributed by atoms with van der Waals surface area (Å²) in [7, 11) is 0. The van der Waals surface area contributed by atoms with E-state index in [-0.39, 0.29) is 0 Å². The SMILES string of the molecule is O=C(CO)N[C@H]1[C@H]([C@H](O)[C@H](O)CO)O[C@@](O[C@H](CO)[C@@H](O)[C@@H]2O[C@@](O[C@H](CO)[C@@H](O)[C@@H]3O[C@@](O[C@H](CO)[C@@H](O)[C@@H]4OC(O)(C(=O)O)C[C@H](O)[C@H]4NC(=O)CO)(C(=O)O)C[C@H](O)[C@H]3NC(=O)CO)(C(=O)O)C[C@H](O)[C@H]2NC(=O)CO)(C(=O)O)C[C@@H]1O. The van der Waals surface area contributed by atoms with E-state index in [1.807, 2.05) is 21.3 Å². The fourth-order valence-corrected chi connectivity index (χ4v) is 9.90. The Hall–Kier alpha value is -5.24. The van der Waals surface area contributed by atoms with Crippen LogP contribution in [0.15, 0.2) is 0 Å². The van der Waals surface area contributed by atoms with Gasteiger partial charge in [-0.05, 0) is 0 Å². The molecule has 4 aliphatic rings. The van der Waals surface area contributed by atoms with E-state index in [0.29, 0.717) is 0 Å². The van der Waals surface area contributed by atoms with Gasteiger partial charge in [0.1, 0.15) is 99.7 Å². The molecule has 24 atom stereocenters. The number of hydrogen-bond acceptors (Lipinski definition) is 33. The number of ether oxygens (including phenoxy) is 7. The molecule has 0 aromatic heterocycles. The number of amides is 4. The van der Waals surface area contributed by atoms with Crippen molar-refractivity contribution in [1.29, 1.82) is 0 Å². The van der Waals surface area contributed by atoms with Crippen LogP contribution in [-0.4, -0.2) is 358 Å². The fraction of sp³-hybridized carbons (Fsp3) is 0.818. The molecule has 26 N–H and O–H groups in total. The Balaban J connectivity index is 1.81. The second-order valence-corrected chi connectivity index (χ2v) is 19.9. The molecule has 4 heterocycles. The van der Waals surface area contributed by atoms with E-state index in [9.17, 15) is 151 Å². The topological polar surface area (TPSA) is 694 Å². The number of nitrogens with one attached hydrogen (secondary N) is 4. The highest BCUT2D eigenvalue weighted by Gasteiger charge is 2.64. The molecular weight excluding hydrogens is 1180 g/mol. The Morgan fingerprint density at radius 3 is 0.859 bits per heavy atom. The van der Waals surface area contributed by atoms with Crippen molar-refractivity contribution in [2.75, 3.05) is 52.9 Å². The van der Waals surface area contributed by atoms with Crippen molar-refractivity contribution >= 4 is 47.5 Å². The molecule has 41 nitrogen and oxygen atoms in total. The molecule has 4 saturated heterocycles. The van der Waals surface area contributed by atoms with Crippen LogP contribution in [-0.2, 0) is 71.5 Å². The van der Waals surface area contributed by atoms with E-state index >= 15 is 0 Å². The van der Waals surface area contributed by atoms with Crippen molar-refractivity contribution < 1.29 is 184 Å². The van der Waals surface area contributed by atoms with Gasteiger partial charge in [0.2, 0.25) is 23.6 Å². The van der Waals surface area contributed by atoms with Gasteiger partial charge in [0.15, 0.2) is 0 Å². The van der Waals surface area contributed by atoms with Crippen LogP contribution in [0.1, 0.15) is 25.7 Å². The lowest BCUT2D eigenvalue weighted by molar-refractivity contribution is -0.361. The molecule has 41 heteroatoms. The Morgan fingerprint density at radius 1 is 0.388 bits per heavy atom. The first-order valence-corrected chi connectivity index (χ1v) is 25.3. The minimum atomic E-state index is -3.69. The van der Waals surface area contributed by atoms with Crippen molar-refractivity contribution in [2.24, 2.45) is 0 Å². The maximum absolute atomic E-state index is 13.4. The van der Waals surface area contributed by atoms with Crippen LogP contribution in [0.2, 0.25) is 0 Å². The third-order valence-electron chi connectivity index (χ3n) is 14.1. The van der Waals surface area contributed by atoms with Gasteiger partial charge in [0.05, 0.1) is 75.0 Å². The first-order chi connectivity index (χ1) is 39.7. The zero-order chi connectivity index (χ0) is 64.4. The smallest absolute Gasteiger partial charge is 0.364 e. The van der Waals surface area contributed by atoms with Gasteiger partial charge < -0.3 is 167 Å². The van der Waals surface area contributed by atoms with Crippen LogP contribution < -0.4 is 21.3 Å². The molecule has 4 aliphatic heterocycles. The van der Waals surface area contributed by atoms with E-state index in [1.54, 1.807) is 0 Å². The molecule has 0 aromatic carbocycles. The van der Waals surface area contributed by atoms with Gasteiger partial charge in [-0.2, -0.15) is 0 Å². The summed E-state index contributed by atoms with van der Waals surface area (Å²) in [6.45, 7) is -11.7. The summed E-state index contributed by atoms with van der Waals surface area (Å²) in [6, 6.07) is -8.48. The summed E-state index contributed by atoms with van der Waals surface area (Å²) in [6.07, 6.45) is -46.3. The average Bonchev–Trinajstić information content (AvgIpc) is 3.62. The van der Waals surface area contributed by atoms with Gasteiger partial charge in [-0.1, -0.05) is 0 Å². The fourth-order valence-electron chi connectivity index (χ4n) is 9.90. The second kappa shape index (κ2) is 30.1. The quantitative estimate of drug-likeness (QED) is 0.0318. The molecule has 0 radical (unpaired) electrons. The molecule has 1 unspecified atom stereocenters. The number of hydrogen-bond donors (Lipinski definition) is 26. The first kappa shape index (κ1) is 72.2. The number of carboxylic acid groups (broad SMARTS) is 4. The van der Waals surface area contributed by atoms with Crippen molar-refractivity contribution in [3.8, 4) is 0 Å². The van der Waals surface area contributed by atoms with Crippen molar-refractivity contribution in [3.05, 3.63) is 0 Å². The third kappa shape index (κ3) is 16.1. The Labute approximate surface area is 475 Å². The van der Waals surface area contributed by atoms with Crippen molar-refractivity contribution in [1.82, 2.24) is 21.3 Å². The molecule has 4 rings (SSSR count). The molecular formula is C44H70N4O37. The number of aliphatic hydroxyl groups excluding tert-OH is 17. The molecule has 0 saturated carbocycles. The van der Waals surface area contributed by atoms with E-state index in [2.05, 4.69) is 0 Å². The number of aliphatic hydroxyl groups is 18. The van der Waals surface area contributed by atoms with E-state index in [1.165, 1.54) is 0 Å². The van der Waals surface area contributed by atoms with Crippen LogP contribution in [0.3, 0.4) is 0 Å². The molecule has 4 fully saturated rings. The van der Waals surface area contributed by atoms with Gasteiger partial charge in [0.25, 0.3) is 23.1 Å². The minimum absolute atomic E-state index is 1.23. The maximum Gasteiger partial charge on any atom is 0.364 e. The summed E-state index contributed by atoms with van der Waals surface area (Å²) in [5, 5.41) is 241. The Morgan fingerprint density at radius 2 is 0.635 bits per heavy atom. The Bertz CT molecular complexity index is 2330. The lowest BCUT2D eigenvalue weighted by atomic mass is 9.86. The third-order valence-corrected chi connectivity index (χ3v) is 14.1. The van der Waals surface area contributed by atoms with Gasteiger partial charge in [-0.3, -0.25) is 19.2 Å². The number of carboxylic acids is 4. The monoisotopic (exact) mass is 1250 g/mol. The van der Waals surface area contributed by atoms with Crippen LogP contribution in [0.25, 0.3) is 0 Å². The van der Waals surface area contributed by atoms with Gasteiger partial charge in [-0.15, -0.1) is 0 Å². The van der Waals surface area contributed by atoms with Crippen molar-refractivity contribution in [3.63, 3.8) is 0 Å². The van der Waals surface area contributed by atoms with Crippen LogP contribution >= 0.6 is 0 Å². The summed E-state index contributed by atoms with van der Waals surface area (Å²) < 4.78 is 38.4. The van der Waals surface area contributed by atoms with E-state index in [4.69, 9.17) is 33.2 Å². The lowest BCUT2D eigenvalue weighted by Gasteiger charge is -2.51. The largest absolute Gasteiger partial charge is 0.477 e. The average molecular weight is 1250 g/mol. The highest BCUT2D eigenvalue weighted by molar-refractivity contribution is 5.80. The van der Waals surface area contributed by atoms with Crippen LogP contribution in [0.5, 0.6) is 0 Å². The number of carbonyl (C=O) groups is 8. The molecule has 85 heavy (non-hydrogen) atoms.